The Labute approximate surface area is 126 Å². The lowest BCUT2D eigenvalue weighted by atomic mass is 9.95. The van der Waals surface area contributed by atoms with E-state index in [1.54, 1.807) is 0 Å². The summed E-state index contributed by atoms with van der Waals surface area (Å²) in [5.74, 6) is 0.455. The maximum atomic E-state index is 12.4. The van der Waals surface area contributed by atoms with Crippen LogP contribution in [0.5, 0.6) is 0 Å². The van der Waals surface area contributed by atoms with Gasteiger partial charge in [-0.25, -0.2) is 0 Å². The molecule has 1 amide bonds. The summed E-state index contributed by atoms with van der Waals surface area (Å²) >= 11 is 0. The van der Waals surface area contributed by atoms with Crippen LogP contribution in [0.4, 0.5) is 0 Å². The minimum atomic E-state index is -0.653. The van der Waals surface area contributed by atoms with E-state index in [0.29, 0.717) is 12.5 Å². The third-order valence-corrected chi connectivity index (χ3v) is 3.77. The van der Waals surface area contributed by atoms with Crippen LogP contribution < -0.4 is 5.32 Å². The zero-order chi connectivity index (χ0) is 15.3. The van der Waals surface area contributed by atoms with Crippen molar-refractivity contribution in [2.75, 3.05) is 19.8 Å². The second-order valence-corrected chi connectivity index (χ2v) is 6.24. The van der Waals surface area contributed by atoms with Crippen LogP contribution in [0.2, 0.25) is 0 Å². The average molecular weight is 291 g/mol. The molecule has 1 aromatic rings. The van der Waals surface area contributed by atoms with Crippen molar-refractivity contribution in [1.82, 2.24) is 5.32 Å². The summed E-state index contributed by atoms with van der Waals surface area (Å²) in [6, 6.07) is 9.85. The second kappa shape index (κ2) is 7.05. The van der Waals surface area contributed by atoms with Gasteiger partial charge in [0.2, 0.25) is 5.91 Å². The summed E-state index contributed by atoms with van der Waals surface area (Å²) in [6.07, 6.45) is 1.10. The van der Waals surface area contributed by atoms with Crippen molar-refractivity contribution in [1.29, 1.82) is 0 Å². The topological polar surface area (TPSA) is 58.6 Å². The Kier molecular flexibility index (Phi) is 5.37. The van der Waals surface area contributed by atoms with E-state index in [1.807, 2.05) is 30.3 Å². The molecule has 0 bridgehead atoms. The number of benzene rings is 1. The van der Waals surface area contributed by atoms with Gasteiger partial charge in [-0.1, -0.05) is 44.2 Å². The monoisotopic (exact) mass is 291 g/mol. The zero-order valence-corrected chi connectivity index (χ0v) is 12.8. The average Bonchev–Trinajstić information content (AvgIpc) is 3.27. The molecule has 21 heavy (non-hydrogen) atoms. The molecule has 4 heteroatoms. The summed E-state index contributed by atoms with van der Waals surface area (Å²) < 4.78 is 5.37. The first kappa shape index (κ1) is 16.0. The van der Waals surface area contributed by atoms with E-state index in [4.69, 9.17) is 4.74 Å². The molecule has 0 radical (unpaired) electrons. The molecular formula is C17H25NO3. The molecule has 116 valence electrons. The minimum Gasteiger partial charge on any atom is -0.389 e. The van der Waals surface area contributed by atoms with Crippen LogP contribution >= 0.6 is 0 Å². The normalized spacial score (nSPS) is 17.5. The molecule has 1 atom stereocenters. The van der Waals surface area contributed by atoms with Crippen molar-refractivity contribution >= 4 is 5.91 Å². The number of hydrogen-bond acceptors (Lipinski definition) is 3. The molecule has 2 N–H and O–H groups in total. The lowest BCUT2D eigenvalue weighted by Crippen LogP contribution is -2.40. The summed E-state index contributed by atoms with van der Waals surface area (Å²) in [7, 11) is 0. The highest BCUT2D eigenvalue weighted by molar-refractivity contribution is 5.91. The Morgan fingerprint density at radius 3 is 2.52 bits per heavy atom. The van der Waals surface area contributed by atoms with Crippen molar-refractivity contribution in [2.45, 2.75) is 38.2 Å². The Balaban J connectivity index is 1.77. The number of rotatable bonds is 8. The first-order valence-corrected chi connectivity index (χ1v) is 7.64. The van der Waals surface area contributed by atoms with Crippen LogP contribution in [0.3, 0.4) is 0 Å². The first-order valence-electron chi connectivity index (χ1n) is 7.64. The van der Waals surface area contributed by atoms with E-state index in [-0.39, 0.29) is 24.5 Å². The van der Waals surface area contributed by atoms with Gasteiger partial charge in [0.15, 0.2) is 0 Å². The number of amides is 1. The molecule has 1 aliphatic carbocycles. The highest BCUT2D eigenvalue weighted by Crippen LogP contribution is 2.48. The van der Waals surface area contributed by atoms with Crippen molar-refractivity contribution in [3.63, 3.8) is 0 Å². The molecule has 4 nitrogen and oxygen atoms in total. The van der Waals surface area contributed by atoms with Crippen molar-refractivity contribution < 1.29 is 14.6 Å². The van der Waals surface area contributed by atoms with Gasteiger partial charge in [-0.05, 0) is 24.3 Å². The zero-order valence-electron chi connectivity index (χ0n) is 12.8. The quantitative estimate of drug-likeness (QED) is 0.769. The molecule has 1 unspecified atom stereocenters. The maximum absolute atomic E-state index is 12.4. The van der Waals surface area contributed by atoms with Gasteiger partial charge in [0.25, 0.3) is 0 Å². The van der Waals surface area contributed by atoms with Crippen LogP contribution in [0.25, 0.3) is 0 Å². The third kappa shape index (κ3) is 4.29. The van der Waals surface area contributed by atoms with Crippen molar-refractivity contribution in [2.24, 2.45) is 5.92 Å². The number of ether oxygens (including phenoxy) is 1. The lowest BCUT2D eigenvalue weighted by Gasteiger charge is -2.18. The van der Waals surface area contributed by atoms with Gasteiger partial charge in [-0.15, -0.1) is 0 Å². The molecule has 0 saturated heterocycles. The molecule has 0 aromatic heterocycles. The summed E-state index contributed by atoms with van der Waals surface area (Å²) in [4.78, 5) is 12.4. The smallest absolute Gasteiger partial charge is 0.230 e. The highest BCUT2D eigenvalue weighted by Gasteiger charge is 2.50. The number of nitrogens with one attached hydrogen (secondary N) is 1. The highest BCUT2D eigenvalue weighted by atomic mass is 16.5. The molecular weight excluding hydrogens is 266 g/mol. The number of carbonyl (C=O) groups excluding carboxylic acids is 1. The number of carbonyl (C=O) groups is 1. The maximum Gasteiger partial charge on any atom is 0.230 e. The molecule has 1 saturated carbocycles. The molecule has 0 heterocycles. The summed E-state index contributed by atoms with van der Waals surface area (Å²) in [6.45, 7) is 5.25. The van der Waals surface area contributed by atoms with E-state index >= 15 is 0 Å². The predicted molar refractivity (Wildman–Crippen MR) is 82.0 cm³/mol. The van der Waals surface area contributed by atoms with E-state index in [1.165, 1.54) is 0 Å². The van der Waals surface area contributed by atoms with Crippen LogP contribution in [0, 0.1) is 5.92 Å². The number of aliphatic hydroxyl groups excluding tert-OH is 1. The fourth-order valence-electron chi connectivity index (χ4n) is 2.41. The molecule has 0 aliphatic heterocycles. The van der Waals surface area contributed by atoms with E-state index in [0.717, 1.165) is 18.4 Å². The number of aliphatic hydroxyl groups is 1. The predicted octanol–water partition coefficient (Wildman–Crippen LogP) is 1.87. The van der Waals surface area contributed by atoms with E-state index in [9.17, 15) is 9.90 Å². The largest absolute Gasteiger partial charge is 0.389 e. The van der Waals surface area contributed by atoms with Crippen molar-refractivity contribution in [3.05, 3.63) is 35.9 Å². The fourth-order valence-corrected chi connectivity index (χ4v) is 2.41. The van der Waals surface area contributed by atoms with Crippen LogP contribution in [-0.4, -0.2) is 36.9 Å². The third-order valence-electron chi connectivity index (χ3n) is 3.77. The van der Waals surface area contributed by atoms with Crippen molar-refractivity contribution in [3.8, 4) is 0 Å². The fraction of sp³-hybridized carbons (Fsp3) is 0.588. The van der Waals surface area contributed by atoms with E-state index in [2.05, 4.69) is 19.2 Å². The Hall–Kier alpha value is -1.39. The van der Waals surface area contributed by atoms with E-state index < -0.39 is 6.10 Å². The Morgan fingerprint density at radius 1 is 1.29 bits per heavy atom. The van der Waals surface area contributed by atoms with Gasteiger partial charge in [-0.2, -0.15) is 0 Å². The Bertz CT molecular complexity index is 454. The van der Waals surface area contributed by atoms with Crippen LogP contribution in [-0.2, 0) is 14.9 Å². The molecule has 2 rings (SSSR count). The van der Waals surface area contributed by atoms with Gasteiger partial charge < -0.3 is 15.2 Å². The standard InChI is InChI=1S/C17H25NO3/c1-13(2)11-21-12-15(19)10-18-16(20)17(8-9-17)14-6-4-3-5-7-14/h3-7,13,15,19H,8-12H2,1-2H3,(H,18,20). The van der Waals surface area contributed by atoms with Gasteiger partial charge in [0.05, 0.1) is 18.1 Å². The summed E-state index contributed by atoms with van der Waals surface area (Å²) in [5, 5.41) is 12.7. The molecule has 1 fully saturated rings. The van der Waals surface area contributed by atoms with Gasteiger partial charge in [-0.3, -0.25) is 4.79 Å². The minimum absolute atomic E-state index is 0.0107. The van der Waals surface area contributed by atoms with Gasteiger partial charge >= 0.3 is 0 Å². The van der Waals surface area contributed by atoms with Gasteiger partial charge in [0.1, 0.15) is 0 Å². The lowest BCUT2D eigenvalue weighted by molar-refractivity contribution is -0.124. The van der Waals surface area contributed by atoms with Crippen LogP contribution in [0.15, 0.2) is 30.3 Å². The Morgan fingerprint density at radius 2 is 1.95 bits per heavy atom. The molecule has 0 spiro atoms. The summed E-state index contributed by atoms with van der Waals surface area (Å²) in [5.41, 5.74) is 0.688. The van der Waals surface area contributed by atoms with Crippen LogP contribution in [0.1, 0.15) is 32.3 Å². The molecule has 1 aliphatic rings. The molecule has 1 aromatic carbocycles. The number of hydrogen-bond donors (Lipinski definition) is 2. The SMILES string of the molecule is CC(C)COCC(O)CNC(=O)C1(c2ccccc2)CC1. The van der Waals surface area contributed by atoms with Gasteiger partial charge in [0, 0.05) is 13.2 Å². The second-order valence-electron chi connectivity index (χ2n) is 6.24. The first-order chi connectivity index (χ1) is 10.0.